The number of hydrogen-bond acceptors (Lipinski definition) is 2. The van der Waals surface area contributed by atoms with Crippen molar-refractivity contribution < 1.29 is 9.59 Å². The van der Waals surface area contributed by atoms with Crippen molar-refractivity contribution in [2.24, 2.45) is 5.92 Å². The van der Waals surface area contributed by atoms with E-state index in [9.17, 15) is 9.59 Å². The first-order valence-electron chi connectivity index (χ1n) is 10.8. The van der Waals surface area contributed by atoms with Crippen LogP contribution in [-0.2, 0) is 11.2 Å². The number of fused-ring (bicyclic) bond motifs is 1. The van der Waals surface area contributed by atoms with Gasteiger partial charge in [0.15, 0.2) is 0 Å². The molecular formula is C26H27N3O2. The molecule has 0 bridgehead atoms. The van der Waals surface area contributed by atoms with Crippen LogP contribution in [0.1, 0.15) is 41.7 Å². The number of carbonyl (C=O) groups excluding carboxylic acids is 2. The highest BCUT2D eigenvalue weighted by atomic mass is 16.2. The van der Waals surface area contributed by atoms with Crippen LogP contribution in [-0.4, -0.2) is 28.9 Å². The monoisotopic (exact) mass is 413 g/mol. The first kappa shape index (κ1) is 20.7. The van der Waals surface area contributed by atoms with Gasteiger partial charge in [-0.15, -0.1) is 6.42 Å². The van der Waals surface area contributed by atoms with Crippen LogP contribution >= 0.6 is 0 Å². The molecule has 2 amide bonds. The zero-order chi connectivity index (χ0) is 21.6. The number of terminal acetylenes is 1. The Morgan fingerprint density at radius 3 is 2.48 bits per heavy atom. The summed E-state index contributed by atoms with van der Waals surface area (Å²) in [5, 5.41) is 6.82. The highest BCUT2D eigenvalue weighted by molar-refractivity contribution is 6.00. The standard InChI is InChI=1S/C26H27N3O2/c1-2-21(15-18-11-8-12-18)27-25(30)23(16-19-9-4-3-5-10-19)29-26(31)24-17-20-13-6-7-14-22(20)28-24/h1,3-7,9-10,13-14,17-18,21,23,28H,8,11-12,15-16H2,(H,27,30)(H,29,31)/t21-,23+/m1/s1. The molecule has 1 saturated carbocycles. The van der Waals surface area contributed by atoms with Crippen LogP contribution < -0.4 is 10.6 Å². The summed E-state index contributed by atoms with van der Waals surface area (Å²) in [5.41, 5.74) is 2.27. The molecule has 0 spiro atoms. The van der Waals surface area contributed by atoms with Crippen molar-refractivity contribution in [3.63, 3.8) is 0 Å². The van der Waals surface area contributed by atoms with E-state index < -0.39 is 6.04 Å². The number of para-hydroxylation sites is 1. The fourth-order valence-corrected chi connectivity index (χ4v) is 3.99. The molecule has 0 radical (unpaired) electrons. The molecule has 158 valence electrons. The second-order valence-electron chi connectivity index (χ2n) is 8.25. The molecular weight excluding hydrogens is 386 g/mol. The minimum atomic E-state index is -0.724. The Labute approximate surface area is 182 Å². The molecule has 1 aromatic heterocycles. The SMILES string of the molecule is C#C[C@H](CC1CCC1)NC(=O)[C@H](Cc1ccccc1)NC(=O)c1cc2ccccc2[nH]1. The van der Waals surface area contributed by atoms with Gasteiger partial charge in [-0.05, 0) is 30.0 Å². The molecule has 31 heavy (non-hydrogen) atoms. The average Bonchev–Trinajstić information content (AvgIpc) is 3.20. The Hall–Kier alpha value is -3.52. The first-order valence-corrected chi connectivity index (χ1v) is 10.8. The third-order valence-corrected chi connectivity index (χ3v) is 5.99. The molecule has 0 saturated heterocycles. The summed E-state index contributed by atoms with van der Waals surface area (Å²) in [7, 11) is 0. The van der Waals surface area contributed by atoms with Crippen LogP contribution in [0.25, 0.3) is 10.9 Å². The Balaban J connectivity index is 1.49. The highest BCUT2D eigenvalue weighted by Crippen LogP contribution is 2.30. The molecule has 1 heterocycles. The number of nitrogens with one attached hydrogen (secondary N) is 3. The van der Waals surface area contributed by atoms with E-state index in [0.717, 1.165) is 22.9 Å². The van der Waals surface area contributed by atoms with Crippen molar-refractivity contribution in [3.05, 3.63) is 71.9 Å². The van der Waals surface area contributed by atoms with Crippen LogP contribution in [0.2, 0.25) is 0 Å². The minimum Gasteiger partial charge on any atom is -0.351 e. The van der Waals surface area contributed by atoms with E-state index in [1.807, 2.05) is 54.6 Å². The lowest BCUT2D eigenvalue weighted by atomic mass is 9.81. The molecule has 5 heteroatoms. The molecule has 0 unspecified atom stereocenters. The maximum Gasteiger partial charge on any atom is 0.268 e. The van der Waals surface area contributed by atoms with Gasteiger partial charge in [0.05, 0.1) is 6.04 Å². The molecule has 2 aromatic carbocycles. The maximum absolute atomic E-state index is 13.1. The largest absolute Gasteiger partial charge is 0.351 e. The van der Waals surface area contributed by atoms with E-state index in [1.54, 1.807) is 6.07 Å². The van der Waals surface area contributed by atoms with Crippen LogP contribution in [0.15, 0.2) is 60.7 Å². The van der Waals surface area contributed by atoms with Gasteiger partial charge in [-0.3, -0.25) is 9.59 Å². The highest BCUT2D eigenvalue weighted by Gasteiger charge is 2.27. The fourth-order valence-electron chi connectivity index (χ4n) is 3.99. The molecule has 3 N–H and O–H groups in total. The number of benzene rings is 2. The second-order valence-corrected chi connectivity index (χ2v) is 8.25. The van der Waals surface area contributed by atoms with Crippen molar-refractivity contribution in [1.82, 2.24) is 15.6 Å². The van der Waals surface area contributed by atoms with Gasteiger partial charge in [-0.1, -0.05) is 73.7 Å². The minimum absolute atomic E-state index is 0.254. The summed E-state index contributed by atoms with van der Waals surface area (Å²) in [6, 6.07) is 18.1. The summed E-state index contributed by atoms with van der Waals surface area (Å²) >= 11 is 0. The quantitative estimate of drug-likeness (QED) is 0.491. The predicted octanol–water partition coefficient (Wildman–Crippen LogP) is 3.82. The lowest BCUT2D eigenvalue weighted by molar-refractivity contribution is -0.123. The van der Waals surface area contributed by atoms with Crippen LogP contribution in [0, 0.1) is 18.3 Å². The van der Waals surface area contributed by atoms with E-state index in [2.05, 4.69) is 21.5 Å². The number of amides is 2. The van der Waals surface area contributed by atoms with Gasteiger partial charge in [-0.2, -0.15) is 0 Å². The molecule has 1 aliphatic carbocycles. The topological polar surface area (TPSA) is 74.0 Å². The zero-order valence-electron chi connectivity index (χ0n) is 17.4. The summed E-state index contributed by atoms with van der Waals surface area (Å²) in [6.45, 7) is 0. The van der Waals surface area contributed by atoms with Gasteiger partial charge in [-0.25, -0.2) is 0 Å². The smallest absolute Gasteiger partial charge is 0.268 e. The number of H-pyrrole nitrogens is 1. The number of rotatable bonds is 8. The molecule has 1 fully saturated rings. The molecule has 5 nitrogen and oxygen atoms in total. The average molecular weight is 414 g/mol. The summed E-state index contributed by atoms with van der Waals surface area (Å²) in [4.78, 5) is 29.2. The predicted molar refractivity (Wildman–Crippen MR) is 122 cm³/mol. The van der Waals surface area contributed by atoms with Crippen molar-refractivity contribution in [3.8, 4) is 12.3 Å². The van der Waals surface area contributed by atoms with Crippen molar-refractivity contribution >= 4 is 22.7 Å². The normalized spacial score (nSPS) is 15.5. The summed E-state index contributed by atoms with van der Waals surface area (Å²) in [5.74, 6) is 2.71. The Bertz CT molecular complexity index is 1060. The Kier molecular flexibility index (Phi) is 6.37. The van der Waals surface area contributed by atoms with E-state index in [1.165, 1.54) is 19.3 Å². The van der Waals surface area contributed by atoms with Gasteiger partial charge >= 0.3 is 0 Å². The lowest BCUT2D eigenvalue weighted by Crippen LogP contribution is -2.51. The second kappa shape index (κ2) is 9.53. The molecule has 2 atom stereocenters. The van der Waals surface area contributed by atoms with E-state index in [0.29, 0.717) is 18.0 Å². The Morgan fingerprint density at radius 1 is 1.06 bits per heavy atom. The van der Waals surface area contributed by atoms with Crippen LogP contribution in [0.5, 0.6) is 0 Å². The molecule has 4 rings (SSSR count). The summed E-state index contributed by atoms with van der Waals surface area (Å²) < 4.78 is 0. The van der Waals surface area contributed by atoms with Gasteiger partial charge < -0.3 is 15.6 Å². The van der Waals surface area contributed by atoms with Crippen LogP contribution in [0.4, 0.5) is 0 Å². The lowest BCUT2D eigenvalue weighted by Gasteiger charge is -2.29. The van der Waals surface area contributed by atoms with Crippen molar-refractivity contribution in [1.29, 1.82) is 0 Å². The first-order chi connectivity index (χ1) is 15.1. The van der Waals surface area contributed by atoms with Crippen LogP contribution in [0.3, 0.4) is 0 Å². The van der Waals surface area contributed by atoms with E-state index in [-0.39, 0.29) is 17.9 Å². The maximum atomic E-state index is 13.1. The van der Waals surface area contributed by atoms with Gasteiger partial charge in [0, 0.05) is 17.3 Å². The summed E-state index contributed by atoms with van der Waals surface area (Å²) in [6.07, 6.45) is 10.4. The van der Waals surface area contributed by atoms with Crippen molar-refractivity contribution in [2.75, 3.05) is 0 Å². The van der Waals surface area contributed by atoms with Gasteiger partial charge in [0.1, 0.15) is 11.7 Å². The van der Waals surface area contributed by atoms with Gasteiger partial charge in [0.25, 0.3) is 5.91 Å². The van der Waals surface area contributed by atoms with Crippen molar-refractivity contribution in [2.45, 2.75) is 44.2 Å². The molecule has 1 aliphatic rings. The Morgan fingerprint density at radius 2 is 1.81 bits per heavy atom. The molecule has 3 aromatic rings. The number of aromatic nitrogens is 1. The third-order valence-electron chi connectivity index (χ3n) is 5.99. The number of hydrogen-bond donors (Lipinski definition) is 3. The number of aromatic amines is 1. The fraction of sp³-hybridized carbons (Fsp3) is 0.308. The zero-order valence-corrected chi connectivity index (χ0v) is 17.4. The molecule has 0 aliphatic heterocycles. The number of carbonyl (C=O) groups is 2. The third kappa shape index (κ3) is 5.16. The van der Waals surface area contributed by atoms with Gasteiger partial charge in [0.2, 0.25) is 5.91 Å². The van der Waals surface area contributed by atoms with E-state index in [4.69, 9.17) is 6.42 Å². The van der Waals surface area contributed by atoms with E-state index >= 15 is 0 Å².